The number of rotatable bonds is 0. The highest BCUT2D eigenvalue weighted by atomic mass is 14.2. The summed E-state index contributed by atoms with van der Waals surface area (Å²) in [6.07, 6.45) is 0. The fraction of sp³-hybridized carbons (Fsp3) is 0. The summed E-state index contributed by atoms with van der Waals surface area (Å²) >= 11 is 0. The largest absolute Gasteiger partial charge is 0.0616 e. The smallest absolute Gasteiger partial charge is 0.00921 e. The lowest BCUT2D eigenvalue weighted by Crippen LogP contribution is -1.90. The summed E-state index contributed by atoms with van der Waals surface area (Å²) in [4.78, 5) is 0. The van der Waals surface area contributed by atoms with Crippen molar-refractivity contribution >= 4 is 129 Å². The van der Waals surface area contributed by atoms with Gasteiger partial charge in [0.1, 0.15) is 0 Å². The lowest BCUT2D eigenvalue weighted by Gasteiger charge is -2.18. The molecule has 0 heterocycles. The molecule has 246 valence electrons. The SMILES string of the molecule is c1ccc2c(c1)c1ccccc1c1cc3c(cc21)c1cc2c4ccccc4c4ccccc4c2cc1c1cc2c4ccccc4c4ccccc4c2cc31. The molecule has 13 aromatic carbocycles. The van der Waals surface area contributed by atoms with E-state index in [1.54, 1.807) is 0 Å². The van der Waals surface area contributed by atoms with Gasteiger partial charge in [-0.1, -0.05) is 146 Å². The summed E-state index contributed by atoms with van der Waals surface area (Å²) in [6, 6.07) is 68.8. The van der Waals surface area contributed by atoms with Gasteiger partial charge in [-0.2, -0.15) is 0 Å². The summed E-state index contributed by atoms with van der Waals surface area (Å²) in [6.45, 7) is 0. The first kappa shape index (κ1) is 28.6. The molecule has 0 atom stereocenters. The molecule has 0 aromatic heterocycles. The maximum absolute atomic E-state index is 2.51. The van der Waals surface area contributed by atoms with Crippen LogP contribution in [-0.4, -0.2) is 0 Å². The highest BCUT2D eigenvalue weighted by Gasteiger charge is 2.19. The Labute approximate surface area is 310 Å². The van der Waals surface area contributed by atoms with Crippen LogP contribution < -0.4 is 0 Å². The van der Waals surface area contributed by atoms with E-state index in [2.05, 4.69) is 182 Å². The predicted molar refractivity (Wildman–Crippen MR) is 237 cm³/mol. The van der Waals surface area contributed by atoms with Crippen molar-refractivity contribution in [2.45, 2.75) is 0 Å². The van der Waals surface area contributed by atoms with Crippen LogP contribution in [0.5, 0.6) is 0 Å². The molecule has 0 aliphatic carbocycles. The molecule has 0 nitrogen and oxygen atoms in total. The molecule has 0 unspecified atom stereocenters. The van der Waals surface area contributed by atoms with Gasteiger partial charge in [0.05, 0.1) is 0 Å². The third-order valence-corrected chi connectivity index (χ3v) is 12.5. The molecule has 0 aliphatic rings. The quantitative estimate of drug-likeness (QED) is 0.111. The molecule has 0 radical (unpaired) electrons. The molecule has 0 saturated heterocycles. The van der Waals surface area contributed by atoms with E-state index in [1.807, 2.05) is 0 Å². The first-order chi connectivity index (χ1) is 26.8. The Hall–Kier alpha value is -7.02. The molecular formula is C54H30. The van der Waals surface area contributed by atoms with Crippen LogP contribution in [0.3, 0.4) is 0 Å². The molecule has 0 spiro atoms. The fourth-order valence-electron chi connectivity index (χ4n) is 10.2. The van der Waals surface area contributed by atoms with E-state index < -0.39 is 0 Å². The van der Waals surface area contributed by atoms with Crippen molar-refractivity contribution in [1.82, 2.24) is 0 Å². The van der Waals surface area contributed by atoms with Crippen molar-refractivity contribution in [2.24, 2.45) is 0 Å². The standard InChI is InChI=1S/C54H30/c1-7-19-37-31(13-1)32-14-2-8-20-38(32)44-26-50-49(25-43(37)44)51-27-45-39-21-9-3-15-33(39)34-16-5-11-23-41(34)47(45)29-53(51)54-30-48-42-24-12-6-18-36(42)35-17-4-10-22-40(35)46(48)28-52(50)54/h1-30H. The summed E-state index contributed by atoms with van der Waals surface area (Å²) < 4.78 is 0. The fourth-order valence-corrected chi connectivity index (χ4v) is 10.2. The van der Waals surface area contributed by atoms with Crippen LogP contribution >= 0.6 is 0 Å². The van der Waals surface area contributed by atoms with Crippen LogP contribution in [0.15, 0.2) is 182 Å². The third kappa shape index (κ3) is 3.62. The number of hydrogen-bond acceptors (Lipinski definition) is 0. The van der Waals surface area contributed by atoms with Gasteiger partial charge in [-0.15, -0.1) is 0 Å². The van der Waals surface area contributed by atoms with Crippen LogP contribution in [-0.2, 0) is 0 Å². The Balaban J connectivity index is 1.34. The molecule has 13 aromatic rings. The third-order valence-electron chi connectivity index (χ3n) is 12.5. The first-order valence-electron chi connectivity index (χ1n) is 18.9. The number of fused-ring (bicyclic) bond motifs is 24. The minimum atomic E-state index is 1.30. The van der Waals surface area contributed by atoms with Crippen LogP contribution in [0.25, 0.3) is 129 Å². The van der Waals surface area contributed by atoms with Crippen molar-refractivity contribution in [3.63, 3.8) is 0 Å². The second kappa shape index (κ2) is 10.3. The molecular weight excluding hydrogens is 649 g/mol. The van der Waals surface area contributed by atoms with Crippen molar-refractivity contribution in [1.29, 1.82) is 0 Å². The first-order valence-corrected chi connectivity index (χ1v) is 18.9. The highest BCUT2D eigenvalue weighted by molar-refractivity contribution is 6.38. The topological polar surface area (TPSA) is 0 Å². The zero-order valence-electron chi connectivity index (χ0n) is 29.3. The number of benzene rings is 13. The Kier molecular flexibility index (Phi) is 5.45. The molecule has 0 amide bonds. The summed E-state index contributed by atoms with van der Waals surface area (Å²) in [7, 11) is 0. The van der Waals surface area contributed by atoms with E-state index in [0.29, 0.717) is 0 Å². The molecule has 54 heavy (non-hydrogen) atoms. The normalized spacial score (nSPS) is 12.4. The van der Waals surface area contributed by atoms with Crippen LogP contribution in [0.4, 0.5) is 0 Å². The average molecular weight is 679 g/mol. The molecule has 0 saturated carbocycles. The minimum Gasteiger partial charge on any atom is -0.0616 e. The van der Waals surface area contributed by atoms with Crippen LogP contribution in [0.2, 0.25) is 0 Å². The van der Waals surface area contributed by atoms with Gasteiger partial charge in [0, 0.05) is 0 Å². The van der Waals surface area contributed by atoms with Crippen LogP contribution in [0, 0.1) is 0 Å². The van der Waals surface area contributed by atoms with Gasteiger partial charge in [-0.3, -0.25) is 0 Å². The van der Waals surface area contributed by atoms with Crippen molar-refractivity contribution in [3.05, 3.63) is 182 Å². The zero-order valence-corrected chi connectivity index (χ0v) is 29.3. The van der Waals surface area contributed by atoms with E-state index >= 15 is 0 Å². The zero-order chi connectivity index (χ0) is 35.1. The second-order valence-electron chi connectivity index (χ2n) is 15.1. The number of hydrogen-bond donors (Lipinski definition) is 0. The van der Waals surface area contributed by atoms with Crippen molar-refractivity contribution in [3.8, 4) is 0 Å². The second-order valence-corrected chi connectivity index (χ2v) is 15.1. The Morgan fingerprint density at radius 1 is 0.111 bits per heavy atom. The Morgan fingerprint density at radius 3 is 0.333 bits per heavy atom. The Morgan fingerprint density at radius 2 is 0.204 bits per heavy atom. The molecule has 0 aliphatic heterocycles. The van der Waals surface area contributed by atoms with Gasteiger partial charge in [0.2, 0.25) is 0 Å². The maximum atomic E-state index is 2.51. The van der Waals surface area contributed by atoms with Crippen molar-refractivity contribution in [2.75, 3.05) is 0 Å². The molecule has 0 N–H and O–H groups in total. The molecule has 0 fully saturated rings. The lowest BCUT2D eigenvalue weighted by atomic mass is 9.85. The molecule has 0 bridgehead atoms. The summed E-state index contributed by atoms with van der Waals surface area (Å²) in [5.74, 6) is 0. The van der Waals surface area contributed by atoms with E-state index in [4.69, 9.17) is 0 Å². The van der Waals surface area contributed by atoms with E-state index in [9.17, 15) is 0 Å². The van der Waals surface area contributed by atoms with Crippen molar-refractivity contribution < 1.29 is 0 Å². The van der Waals surface area contributed by atoms with Gasteiger partial charge < -0.3 is 0 Å². The predicted octanol–water partition coefficient (Wildman–Crippen LogP) is 15.5. The van der Waals surface area contributed by atoms with Crippen LogP contribution in [0.1, 0.15) is 0 Å². The van der Waals surface area contributed by atoms with E-state index in [0.717, 1.165) is 0 Å². The molecule has 0 heteroatoms. The summed E-state index contributed by atoms with van der Waals surface area (Å²) in [5, 5.41) is 31.2. The maximum Gasteiger partial charge on any atom is -0.00921 e. The van der Waals surface area contributed by atoms with Gasteiger partial charge >= 0.3 is 0 Å². The molecule has 13 rings (SSSR count). The van der Waals surface area contributed by atoms with Gasteiger partial charge in [-0.25, -0.2) is 0 Å². The average Bonchev–Trinajstić information content (AvgIpc) is 3.25. The highest BCUT2D eigenvalue weighted by Crippen LogP contribution is 2.47. The van der Waals surface area contributed by atoms with E-state index in [1.165, 1.54) is 129 Å². The van der Waals surface area contributed by atoms with Gasteiger partial charge in [-0.05, 0) is 166 Å². The van der Waals surface area contributed by atoms with Gasteiger partial charge in [0.15, 0.2) is 0 Å². The monoisotopic (exact) mass is 678 g/mol. The Bertz CT molecular complexity index is 3150. The van der Waals surface area contributed by atoms with Gasteiger partial charge in [0.25, 0.3) is 0 Å². The summed E-state index contributed by atoms with van der Waals surface area (Å²) in [5.41, 5.74) is 0. The van der Waals surface area contributed by atoms with E-state index in [-0.39, 0.29) is 0 Å². The lowest BCUT2D eigenvalue weighted by molar-refractivity contribution is 1.79. The minimum absolute atomic E-state index is 1.30.